The fraction of sp³-hybridized carbons (Fsp3) is 0.923. The summed E-state index contributed by atoms with van der Waals surface area (Å²) in [6, 6.07) is -0.405. The van der Waals surface area contributed by atoms with Crippen molar-refractivity contribution < 1.29 is 38.1 Å². The van der Waals surface area contributed by atoms with E-state index in [4.69, 9.17) is 40.9 Å². The van der Waals surface area contributed by atoms with Gasteiger partial charge in [0, 0.05) is 35.6 Å². The van der Waals surface area contributed by atoms with Crippen molar-refractivity contribution in [1.82, 2.24) is 16.0 Å². The van der Waals surface area contributed by atoms with E-state index in [1.165, 1.54) is 0 Å². The van der Waals surface area contributed by atoms with Crippen LogP contribution >= 0.6 is 0 Å². The molecular weight excluding hydrogens is 680 g/mol. The van der Waals surface area contributed by atoms with Gasteiger partial charge in [-0.1, -0.05) is 62.3 Å². The summed E-state index contributed by atoms with van der Waals surface area (Å²) in [6.07, 6.45) is 2.05. The molecule has 316 valence electrons. The van der Waals surface area contributed by atoms with Gasteiger partial charge < -0.3 is 56.8 Å². The van der Waals surface area contributed by atoms with Gasteiger partial charge in [0.1, 0.15) is 0 Å². The van der Waals surface area contributed by atoms with Gasteiger partial charge in [-0.15, -0.1) is 0 Å². The van der Waals surface area contributed by atoms with Crippen molar-refractivity contribution in [2.24, 2.45) is 38.9 Å². The van der Waals surface area contributed by atoms with E-state index in [0.717, 1.165) is 19.6 Å². The number of hydrogen-bond acceptors (Lipinski definition) is 11. The third-order valence-electron chi connectivity index (χ3n) is 8.49. The highest BCUT2D eigenvalue weighted by molar-refractivity contribution is 5.76. The van der Waals surface area contributed by atoms with E-state index in [0.29, 0.717) is 57.8 Å². The van der Waals surface area contributed by atoms with Crippen molar-refractivity contribution in [2.75, 3.05) is 85.6 Å². The van der Waals surface area contributed by atoms with Crippen LogP contribution in [0.3, 0.4) is 0 Å². The molecule has 3 amide bonds. The van der Waals surface area contributed by atoms with Crippen LogP contribution < -0.4 is 33.2 Å². The van der Waals surface area contributed by atoms with Crippen LogP contribution in [0.5, 0.6) is 0 Å². The topological polar surface area (TPSA) is 212 Å². The van der Waals surface area contributed by atoms with Crippen molar-refractivity contribution in [3.05, 3.63) is 0 Å². The molecule has 0 aliphatic heterocycles. The molecule has 1 atom stereocenters. The lowest BCUT2D eigenvalue weighted by Crippen LogP contribution is -2.48. The number of hydrogen-bond donors (Lipinski definition) is 6. The van der Waals surface area contributed by atoms with Crippen molar-refractivity contribution >= 4 is 18.2 Å². The minimum absolute atomic E-state index is 0.115. The van der Waals surface area contributed by atoms with Gasteiger partial charge in [0.05, 0.1) is 76.6 Å². The van der Waals surface area contributed by atoms with Gasteiger partial charge in [-0.05, 0) is 59.2 Å². The number of rotatable bonds is 30. The molecule has 9 N–H and O–H groups in total. The lowest BCUT2D eigenvalue weighted by atomic mass is 9.91. The van der Waals surface area contributed by atoms with Gasteiger partial charge in [0.25, 0.3) is 0 Å². The van der Waals surface area contributed by atoms with Crippen molar-refractivity contribution in [1.29, 1.82) is 0 Å². The molecule has 0 fully saturated rings. The smallest absolute Gasteiger partial charge is 0.222 e. The average molecular weight is 763 g/mol. The molecule has 0 rings (SSSR count). The summed E-state index contributed by atoms with van der Waals surface area (Å²) in [5, 5.41) is 8.43. The molecular formula is C39H82N6O8. The van der Waals surface area contributed by atoms with Crippen LogP contribution in [-0.4, -0.2) is 121 Å². The molecule has 0 aromatic rings. The summed E-state index contributed by atoms with van der Waals surface area (Å²) < 4.78 is 28.5. The molecule has 14 heteroatoms. The zero-order chi connectivity index (χ0) is 41.4. The zero-order valence-electron chi connectivity index (χ0n) is 36.0. The van der Waals surface area contributed by atoms with E-state index in [-0.39, 0.29) is 67.3 Å². The van der Waals surface area contributed by atoms with E-state index in [2.05, 4.69) is 50.6 Å². The molecule has 0 saturated heterocycles. The van der Waals surface area contributed by atoms with Crippen LogP contribution in [0, 0.1) is 21.7 Å². The minimum atomic E-state index is -0.534. The van der Waals surface area contributed by atoms with E-state index in [1.807, 2.05) is 55.4 Å². The summed E-state index contributed by atoms with van der Waals surface area (Å²) in [6.45, 7) is 32.3. The zero-order valence-corrected chi connectivity index (χ0v) is 36.0. The van der Waals surface area contributed by atoms with Gasteiger partial charge >= 0.3 is 0 Å². The maximum Gasteiger partial charge on any atom is 0.222 e. The van der Waals surface area contributed by atoms with Gasteiger partial charge in [0.2, 0.25) is 18.2 Å². The fourth-order valence-corrected chi connectivity index (χ4v) is 3.80. The Hall–Kier alpha value is -1.91. The molecule has 0 aliphatic rings. The van der Waals surface area contributed by atoms with E-state index in [1.54, 1.807) is 0 Å². The first-order chi connectivity index (χ1) is 24.3. The summed E-state index contributed by atoms with van der Waals surface area (Å²) in [5.41, 5.74) is 16.2. The first-order valence-corrected chi connectivity index (χ1v) is 19.1. The van der Waals surface area contributed by atoms with Gasteiger partial charge in [-0.3, -0.25) is 14.4 Å². The molecule has 0 saturated carbocycles. The van der Waals surface area contributed by atoms with Crippen molar-refractivity contribution in [3.63, 3.8) is 0 Å². The Morgan fingerprint density at radius 1 is 0.623 bits per heavy atom. The number of amides is 3. The van der Waals surface area contributed by atoms with E-state index >= 15 is 0 Å². The van der Waals surface area contributed by atoms with Crippen molar-refractivity contribution in [3.8, 4) is 0 Å². The monoisotopic (exact) mass is 763 g/mol. The van der Waals surface area contributed by atoms with Crippen LogP contribution in [0.25, 0.3) is 0 Å². The standard InChI is InChI=1S/C28H57N5O7.C11H25NO/c1-25(2,15-29)18-39-20-27(5,6)33-24(36)10-12-38-14-22(32-21-34)13-37-11-9-23(35)31-17-28(7,8)40-19-26(3,4)16-30;1-6-10(2,3)8-13-9-11(4,5)7-12/h21-22H,9-20,29-30H2,1-8H3,(H,31,35)(H,32,34)(H,33,36);6-9,12H2,1-5H3. The van der Waals surface area contributed by atoms with Crippen LogP contribution in [-0.2, 0) is 38.1 Å². The molecule has 0 heterocycles. The second kappa shape index (κ2) is 26.0. The molecule has 0 aromatic heterocycles. The Balaban J connectivity index is 0. The first-order valence-electron chi connectivity index (χ1n) is 19.1. The first kappa shape index (κ1) is 53.2. The number of carbonyl (C=O) groups is 3. The molecule has 0 aromatic carbocycles. The van der Waals surface area contributed by atoms with Gasteiger partial charge in [0.15, 0.2) is 0 Å². The highest BCUT2D eigenvalue weighted by Gasteiger charge is 2.26. The summed E-state index contributed by atoms with van der Waals surface area (Å²) >= 11 is 0. The van der Waals surface area contributed by atoms with Crippen molar-refractivity contribution in [2.45, 2.75) is 126 Å². The lowest BCUT2D eigenvalue weighted by molar-refractivity contribution is -0.125. The van der Waals surface area contributed by atoms with E-state index < -0.39 is 17.2 Å². The maximum absolute atomic E-state index is 12.3. The van der Waals surface area contributed by atoms with E-state index in [9.17, 15) is 14.4 Å². The SMILES string of the molecule is CC(C)(CN)COCC(C)(C)NC(=O)CCOCC(COCCC(=O)NCC(C)(C)OCC(C)(C)CN)NC=O.CCC(C)(C)COCC(C)(C)CN. The van der Waals surface area contributed by atoms with Gasteiger partial charge in [-0.25, -0.2) is 0 Å². The normalized spacial score (nSPS) is 13.5. The second-order valence-electron chi connectivity index (χ2n) is 18.5. The molecule has 1 unspecified atom stereocenters. The third kappa shape index (κ3) is 31.0. The largest absolute Gasteiger partial charge is 0.380 e. The van der Waals surface area contributed by atoms with Gasteiger partial charge in [-0.2, -0.15) is 0 Å². The second-order valence-corrected chi connectivity index (χ2v) is 18.5. The Morgan fingerprint density at radius 3 is 1.51 bits per heavy atom. The predicted molar refractivity (Wildman–Crippen MR) is 213 cm³/mol. The number of nitrogens with two attached hydrogens (primary N) is 3. The lowest BCUT2D eigenvalue weighted by Gasteiger charge is -2.31. The van der Waals surface area contributed by atoms with Crippen LogP contribution in [0.4, 0.5) is 0 Å². The Labute approximate surface area is 322 Å². The number of ether oxygens (including phenoxy) is 5. The molecule has 53 heavy (non-hydrogen) atoms. The van der Waals surface area contributed by atoms with Crippen LogP contribution in [0.15, 0.2) is 0 Å². The third-order valence-corrected chi connectivity index (χ3v) is 8.49. The summed E-state index contributed by atoms with van der Waals surface area (Å²) in [7, 11) is 0. The fourth-order valence-electron chi connectivity index (χ4n) is 3.80. The quantitative estimate of drug-likeness (QED) is 0.0462. The Kier molecular flexibility index (Phi) is 26.1. The highest BCUT2D eigenvalue weighted by atomic mass is 16.5. The molecule has 0 bridgehead atoms. The molecule has 0 spiro atoms. The molecule has 14 nitrogen and oxygen atoms in total. The summed E-state index contributed by atoms with van der Waals surface area (Å²) in [5.74, 6) is -0.321. The maximum atomic E-state index is 12.3. The number of nitrogens with one attached hydrogen (secondary N) is 3. The minimum Gasteiger partial charge on any atom is -0.380 e. The predicted octanol–water partition coefficient (Wildman–Crippen LogP) is 3.13. The Morgan fingerprint density at radius 2 is 1.06 bits per heavy atom. The Bertz CT molecular complexity index is 988. The average Bonchev–Trinajstić information content (AvgIpc) is 3.06. The number of carbonyl (C=O) groups excluding carboxylic acids is 3. The molecule has 0 aliphatic carbocycles. The van der Waals surface area contributed by atoms with Crippen LogP contribution in [0.1, 0.15) is 109 Å². The highest BCUT2D eigenvalue weighted by Crippen LogP contribution is 2.22. The summed E-state index contributed by atoms with van der Waals surface area (Å²) in [4.78, 5) is 35.5. The van der Waals surface area contributed by atoms with Crippen LogP contribution in [0.2, 0.25) is 0 Å². The molecule has 0 radical (unpaired) electrons.